The second-order valence-electron chi connectivity index (χ2n) is 27.4. The molecule has 0 aromatic heterocycles. The Labute approximate surface area is 539 Å². The van der Waals surface area contributed by atoms with Crippen LogP contribution in [-0.2, 0) is 14.3 Å². The van der Waals surface area contributed by atoms with Crippen molar-refractivity contribution in [2.45, 2.75) is 463 Å². The molecule has 0 radical (unpaired) electrons. The molecule has 0 rings (SSSR count). The number of aliphatic hydroxyl groups excluding tert-OH is 2. The van der Waals surface area contributed by atoms with E-state index in [1.165, 1.54) is 379 Å². The Bertz CT molecular complexity index is 1350. The van der Waals surface area contributed by atoms with Gasteiger partial charge in [0.15, 0.2) is 0 Å². The maximum Gasteiger partial charge on any atom is 0.305 e. The Hall–Kier alpha value is -1.66. The van der Waals surface area contributed by atoms with Gasteiger partial charge in [-0.05, 0) is 57.8 Å². The summed E-state index contributed by atoms with van der Waals surface area (Å²) in [5, 5.41) is 23.3. The van der Waals surface area contributed by atoms with Crippen LogP contribution < -0.4 is 5.32 Å². The number of ether oxygens (including phenoxy) is 1. The standard InChI is InChI=1S/C80H155NO5/c1-3-5-7-9-11-13-15-17-19-21-22-37-41-44-48-52-56-60-64-68-72-78(83)77(76-82)81-79(84)73-69-65-61-57-53-49-45-42-38-35-33-31-29-27-25-23-24-26-28-30-32-34-36-39-43-47-51-55-59-63-67-71-75-86-80(85)74-70-66-62-58-54-50-46-40-20-18-16-14-12-10-8-6-4-2/h18,20,68,72,77-78,82-83H,3-17,19,21-67,69-71,73-76H2,1-2H3,(H,81,84)/b20-18-,72-68+. The zero-order valence-corrected chi connectivity index (χ0v) is 58.6. The molecule has 86 heavy (non-hydrogen) atoms. The topological polar surface area (TPSA) is 95.9 Å². The fourth-order valence-corrected chi connectivity index (χ4v) is 12.7. The molecule has 2 atom stereocenters. The largest absolute Gasteiger partial charge is 0.466 e. The number of hydrogen-bond donors (Lipinski definition) is 3. The van der Waals surface area contributed by atoms with E-state index in [2.05, 4.69) is 31.3 Å². The maximum atomic E-state index is 12.5. The molecule has 0 saturated heterocycles. The molecule has 6 heteroatoms. The summed E-state index contributed by atoms with van der Waals surface area (Å²) >= 11 is 0. The predicted molar refractivity (Wildman–Crippen MR) is 380 cm³/mol. The lowest BCUT2D eigenvalue weighted by Crippen LogP contribution is -2.45. The van der Waals surface area contributed by atoms with Gasteiger partial charge in [0.05, 0.1) is 25.4 Å². The molecule has 0 aliphatic heterocycles. The monoisotopic (exact) mass is 1210 g/mol. The van der Waals surface area contributed by atoms with Gasteiger partial charge in [-0.25, -0.2) is 0 Å². The summed E-state index contributed by atoms with van der Waals surface area (Å²) in [6, 6.07) is -0.625. The van der Waals surface area contributed by atoms with Crippen molar-refractivity contribution in [1.29, 1.82) is 0 Å². The van der Waals surface area contributed by atoms with Crippen LogP contribution in [0.3, 0.4) is 0 Å². The normalized spacial score (nSPS) is 12.6. The fraction of sp³-hybridized carbons (Fsp3) is 0.925. The van der Waals surface area contributed by atoms with Crippen molar-refractivity contribution >= 4 is 11.9 Å². The highest BCUT2D eigenvalue weighted by molar-refractivity contribution is 5.76. The van der Waals surface area contributed by atoms with E-state index in [9.17, 15) is 19.8 Å². The zero-order chi connectivity index (χ0) is 62.0. The Balaban J connectivity index is 3.34. The molecule has 0 fully saturated rings. The van der Waals surface area contributed by atoms with Crippen molar-refractivity contribution in [2.24, 2.45) is 0 Å². The van der Waals surface area contributed by atoms with E-state index in [-0.39, 0.29) is 18.5 Å². The third kappa shape index (κ3) is 71.4. The van der Waals surface area contributed by atoms with Crippen molar-refractivity contribution in [1.82, 2.24) is 5.32 Å². The van der Waals surface area contributed by atoms with Gasteiger partial charge < -0.3 is 20.3 Å². The molecule has 0 spiro atoms. The van der Waals surface area contributed by atoms with Crippen LogP contribution in [0, 0.1) is 0 Å². The van der Waals surface area contributed by atoms with E-state index < -0.39 is 12.1 Å². The molecule has 1 amide bonds. The average molecular weight is 1210 g/mol. The number of hydrogen-bond acceptors (Lipinski definition) is 5. The lowest BCUT2D eigenvalue weighted by molar-refractivity contribution is -0.143. The minimum absolute atomic E-state index is 0.0186. The van der Waals surface area contributed by atoms with Crippen LogP contribution in [0.4, 0.5) is 0 Å². The van der Waals surface area contributed by atoms with Crippen LogP contribution >= 0.6 is 0 Å². The fourth-order valence-electron chi connectivity index (χ4n) is 12.7. The summed E-state index contributed by atoms with van der Waals surface area (Å²) in [5.74, 6) is -0.0402. The van der Waals surface area contributed by atoms with E-state index in [1.807, 2.05) is 6.08 Å². The van der Waals surface area contributed by atoms with Gasteiger partial charge in [0.2, 0.25) is 5.91 Å². The van der Waals surface area contributed by atoms with Crippen LogP contribution in [0.5, 0.6) is 0 Å². The molecule has 3 N–H and O–H groups in total. The van der Waals surface area contributed by atoms with Crippen LogP contribution in [0.15, 0.2) is 24.3 Å². The van der Waals surface area contributed by atoms with Crippen LogP contribution in [-0.4, -0.2) is 47.4 Å². The van der Waals surface area contributed by atoms with E-state index in [1.54, 1.807) is 6.08 Å². The summed E-state index contributed by atoms with van der Waals surface area (Å²) in [7, 11) is 0. The van der Waals surface area contributed by atoms with Gasteiger partial charge in [-0.2, -0.15) is 0 Å². The first kappa shape index (κ1) is 84.3. The maximum absolute atomic E-state index is 12.5. The first-order valence-corrected chi connectivity index (χ1v) is 39.6. The van der Waals surface area contributed by atoms with Gasteiger partial charge in [-0.3, -0.25) is 9.59 Å². The number of esters is 1. The third-order valence-corrected chi connectivity index (χ3v) is 18.7. The molecule has 510 valence electrons. The van der Waals surface area contributed by atoms with Crippen LogP contribution in [0.1, 0.15) is 450 Å². The quantitative estimate of drug-likeness (QED) is 0.0320. The molecular weight excluding hydrogens is 1050 g/mol. The van der Waals surface area contributed by atoms with Gasteiger partial charge >= 0.3 is 5.97 Å². The van der Waals surface area contributed by atoms with Crippen molar-refractivity contribution in [3.63, 3.8) is 0 Å². The highest BCUT2D eigenvalue weighted by Gasteiger charge is 2.18. The highest BCUT2D eigenvalue weighted by Crippen LogP contribution is 2.20. The number of nitrogens with one attached hydrogen (secondary N) is 1. The minimum Gasteiger partial charge on any atom is -0.466 e. The number of unbranched alkanes of at least 4 members (excludes halogenated alkanes) is 62. The van der Waals surface area contributed by atoms with E-state index in [4.69, 9.17) is 4.74 Å². The summed E-state index contributed by atoms with van der Waals surface area (Å²) < 4.78 is 5.51. The Morgan fingerprint density at radius 2 is 0.547 bits per heavy atom. The van der Waals surface area contributed by atoms with Crippen molar-refractivity contribution in [3.05, 3.63) is 24.3 Å². The van der Waals surface area contributed by atoms with E-state index in [0.29, 0.717) is 19.4 Å². The number of carbonyl (C=O) groups is 2. The molecule has 6 nitrogen and oxygen atoms in total. The number of amides is 1. The van der Waals surface area contributed by atoms with Gasteiger partial charge in [-0.1, -0.05) is 404 Å². The van der Waals surface area contributed by atoms with Crippen molar-refractivity contribution in [3.8, 4) is 0 Å². The smallest absolute Gasteiger partial charge is 0.305 e. The number of aliphatic hydroxyl groups is 2. The molecular formula is C80H155NO5. The molecule has 0 aliphatic carbocycles. The summed E-state index contributed by atoms with van der Waals surface area (Å²) in [4.78, 5) is 24.6. The predicted octanol–water partition coefficient (Wildman–Crippen LogP) is 26.0. The summed E-state index contributed by atoms with van der Waals surface area (Å²) in [6.45, 7) is 4.95. The lowest BCUT2D eigenvalue weighted by Gasteiger charge is -2.20. The first-order chi connectivity index (χ1) is 42.5. The van der Waals surface area contributed by atoms with Crippen LogP contribution in [0.25, 0.3) is 0 Å². The minimum atomic E-state index is -0.842. The summed E-state index contributed by atoms with van der Waals surface area (Å²) in [6.07, 6.45) is 97.3. The molecule has 0 heterocycles. The first-order valence-electron chi connectivity index (χ1n) is 39.6. The molecule has 0 aromatic rings. The number of allylic oxidation sites excluding steroid dienone is 3. The van der Waals surface area contributed by atoms with Gasteiger partial charge in [0.25, 0.3) is 0 Å². The lowest BCUT2D eigenvalue weighted by atomic mass is 10.0. The molecule has 2 unspecified atom stereocenters. The number of rotatable bonds is 75. The molecule has 0 aromatic carbocycles. The zero-order valence-electron chi connectivity index (χ0n) is 58.6. The second-order valence-corrected chi connectivity index (χ2v) is 27.4. The average Bonchev–Trinajstić information content (AvgIpc) is 3.54. The van der Waals surface area contributed by atoms with Crippen molar-refractivity contribution in [2.75, 3.05) is 13.2 Å². The van der Waals surface area contributed by atoms with E-state index >= 15 is 0 Å². The SMILES string of the molecule is CCCCCCCC/C=C\CCCCCCCCCC(=O)OCCCCCCCCCCCCCCCCCCCCCCCCCCCCCCCCCCC(=O)NC(CO)C(O)/C=C/CCCCCCCCCCCCCCCCCCCC. The second kappa shape index (κ2) is 75.8. The Morgan fingerprint density at radius 1 is 0.314 bits per heavy atom. The molecule has 0 bridgehead atoms. The number of carbonyl (C=O) groups excluding carboxylic acids is 2. The third-order valence-electron chi connectivity index (χ3n) is 18.7. The Kier molecular flexibility index (Phi) is 74.3. The molecule has 0 saturated carbocycles. The van der Waals surface area contributed by atoms with Crippen molar-refractivity contribution < 1.29 is 24.5 Å². The van der Waals surface area contributed by atoms with Gasteiger partial charge in [-0.15, -0.1) is 0 Å². The molecule has 0 aliphatic rings. The highest BCUT2D eigenvalue weighted by atomic mass is 16.5. The van der Waals surface area contributed by atoms with Crippen LogP contribution in [0.2, 0.25) is 0 Å². The summed E-state index contributed by atoms with van der Waals surface area (Å²) in [5.41, 5.74) is 0. The van der Waals surface area contributed by atoms with Gasteiger partial charge in [0, 0.05) is 12.8 Å². The van der Waals surface area contributed by atoms with Gasteiger partial charge in [0.1, 0.15) is 0 Å². The Morgan fingerprint density at radius 3 is 0.826 bits per heavy atom. The van der Waals surface area contributed by atoms with E-state index in [0.717, 1.165) is 44.9 Å².